The van der Waals surface area contributed by atoms with Gasteiger partial charge in [-0.25, -0.2) is 12.1 Å². The predicted octanol–water partition coefficient (Wildman–Crippen LogP) is 2.99. The summed E-state index contributed by atoms with van der Waals surface area (Å²) in [6.07, 6.45) is 3.11. The van der Waals surface area contributed by atoms with Gasteiger partial charge in [-0.2, -0.15) is 30.3 Å². The minimum absolute atomic E-state index is 0. The van der Waals surface area contributed by atoms with Crippen LogP contribution in [0.2, 0.25) is 0 Å². The number of hydrogen-bond donors (Lipinski definition) is 0. The Labute approximate surface area is 112 Å². The van der Waals surface area contributed by atoms with Gasteiger partial charge in [0.2, 0.25) is 0 Å². The molecule has 2 nitrogen and oxygen atoms in total. The van der Waals surface area contributed by atoms with Crippen LogP contribution in [-0.4, -0.2) is 13.1 Å². The fraction of sp³-hybridized carbons (Fsp3) is 0.0714. The number of carbonyl (C=O) groups excluding carboxylic acids is 1. The molecule has 2 rings (SSSR count). The number of esters is 1. The molecular formula is C14H14FeO2-2. The first-order valence-corrected chi connectivity index (χ1v) is 4.97. The molecule has 2 aromatic rings. The average Bonchev–Trinajstić information content (AvgIpc) is 3.00. The molecule has 0 spiro atoms. The minimum Gasteiger partial charge on any atom is -0.473 e. The van der Waals surface area contributed by atoms with Crippen LogP contribution in [0, 0.1) is 0 Å². The van der Waals surface area contributed by atoms with Gasteiger partial charge in [0.05, 0.1) is 7.11 Å². The maximum Gasteiger partial charge on any atom is 0.288 e. The van der Waals surface area contributed by atoms with Gasteiger partial charge in [0.1, 0.15) is 0 Å². The zero-order valence-electron chi connectivity index (χ0n) is 9.52. The van der Waals surface area contributed by atoms with Gasteiger partial charge >= 0.3 is 0 Å². The van der Waals surface area contributed by atoms with E-state index in [9.17, 15) is 4.79 Å². The molecule has 92 valence electrons. The first-order chi connectivity index (χ1) is 7.83. The standard InChI is InChI=1S/C9H9O2.C5H5.Fe/c1-11-9(10)7-6-8-4-2-3-5-8;1-2-4-5-3-1;/h2-7H,1H3;1-5H;/q2*-1;/b7-6-;;. The molecule has 0 saturated carbocycles. The third-order valence-corrected chi connectivity index (χ3v) is 1.86. The van der Waals surface area contributed by atoms with Crippen molar-refractivity contribution < 1.29 is 26.6 Å². The number of ether oxygens (including phenoxy) is 1. The van der Waals surface area contributed by atoms with E-state index in [1.165, 1.54) is 13.2 Å². The van der Waals surface area contributed by atoms with E-state index in [0.29, 0.717) is 0 Å². The Hall–Kier alpha value is -1.57. The molecule has 0 heterocycles. The van der Waals surface area contributed by atoms with Crippen molar-refractivity contribution in [1.82, 2.24) is 0 Å². The van der Waals surface area contributed by atoms with Crippen LogP contribution in [0.4, 0.5) is 0 Å². The van der Waals surface area contributed by atoms with Crippen LogP contribution < -0.4 is 0 Å². The molecule has 0 saturated heterocycles. The van der Waals surface area contributed by atoms with Crippen molar-refractivity contribution in [3.8, 4) is 0 Å². The van der Waals surface area contributed by atoms with Gasteiger partial charge in [0.25, 0.3) is 5.97 Å². The maximum absolute atomic E-state index is 10.6. The Bertz CT molecular complexity index is 382. The number of methoxy groups -OCH3 is 1. The van der Waals surface area contributed by atoms with Crippen molar-refractivity contribution in [1.29, 1.82) is 0 Å². The van der Waals surface area contributed by atoms with Crippen molar-refractivity contribution in [3.05, 3.63) is 66.2 Å². The van der Waals surface area contributed by atoms with Gasteiger partial charge < -0.3 is 4.74 Å². The van der Waals surface area contributed by atoms with E-state index in [1.54, 1.807) is 6.08 Å². The van der Waals surface area contributed by atoms with Crippen LogP contribution >= 0.6 is 0 Å². The number of rotatable bonds is 2. The third kappa shape index (κ3) is 7.34. The summed E-state index contributed by atoms with van der Waals surface area (Å²) in [4.78, 5) is 10.6. The summed E-state index contributed by atoms with van der Waals surface area (Å²) in [5.41, 5.74) is 1.01. The maximum atomic E-state index is 10.6. The van der Waals surface area contributed by atoms with Gasteiger partial charge in [-0.15, -0.1) is 23.8 Å². The van der Waals surface area contributed by atoms with Crippen LogP contribution in [0.5, 0.6) is 0 Å². The topological polar surface area (TPSA) is 26.3 Å². The molecule has 0 aromatic heterocycles. The van der Waals surface area contributed by atoms with E-state index in [2.05, 4.69) is 4.74 Å². The van der Waals surface area contributed by atoms with Gasteiger partial charge in [-0.05, 0) is 6.08 Å². The Morgan fingerprint density at radius 1 is 1.18 bits per heavy atom. The predicted molar refractivity (Wildman–Crippen MR) is 65.1 cm³/mol. The van der Waals surface area contributed by atoms with E-state index < -0.39 is 0 Å². The molecule has 0 aliphatic heterocycles. The average molecular weight is 270 g/mol. The SMILES string of the molecule is COC(=O)/C=C\[c-]1cccc1.[Fe].c1cc[cH-]c1. The van der Waals surface area contributed by atoms with Crippen molar-refractivity contribution in [3.63, 3.8) is 0 Å². The van der Waals surface area contributed by atoms with E-state index in [4.69, 9.17) is 0 Å². The molecule has 0 N–H and O–H groups in total. The van der Waals surface area contributed by atoms with Crippen LogP contribution in [0.25, 0.3) is 6.08 Å². The molecule has 0 fully saturated rings. The summed E-state index contributed by atoms with van der Waals surface area (Å²) < 4.78 is 4.42. The van der Waals surface area contributed by atoms with E-state index >= 15 is 0 Å². The Kier molecular flexibility index (Phi) is 8.75. The summed E-state index contributed by atoms with van der Waals surface area (Å²) >= 11 is 0. The molecule has 2 aromatic carbocycles. The van der Waals surface area contributed by atoms with E-state index in [1.807, 2.05) is 54.6 Å². The Morgan fingerprint density at radius 2 is 1.76 bits per heavy atom. The van der Waals surface area contributed by atoms with E-state index in [-0.39, 0.29) is 23.0 Å². The number of carbonyl (C=O) groups is 1. The zero-order valence-corrected chi connectivity index (χ0v) is 10.6. The summed E-state index contributed by atoms with van der Waals surface area (Å²) in [5, 5.41) is 0. The van der Waals surface area contributed by atoms with Crippen molar-refractivity contribution in [2.45, 2.75) is 0 Å². The molecule has 0 atom stereocenters. The number of hydrogen-bond acceptors (Lipinski definition) is 2. The van der Waals surface area contributed by atoms with Gasteiger partial charge in [-0.1, -0.05) is 0 Å². The normalized spacial score (nSPS) is 9.00. The van der Waals surface area contributed by atoms with Gasteiger partial charge in [-0.3, -0.25) is 4.79 Å². The molecule has 0 amide bonds. The van der Waals surface area contributed by atoms with Crippen LogP contribution in [0.3, 0.4) is 0 Å². The largest absolute Gasteiger partial charge is 0.473 e. The molecule has 0 bridgehead atoms. The van der Waals surface area contributed by atoms with Crippen LogP contribution in [0.1, 0.15) is 5.56 Å². The molecule has 0 radical (unpaired) electrons. The molecule has 0 unspecified atom stereocenters. The third-order valence-electron chi connectivity index (χ3n) is 1.86. The summed E-state index contributed by atoms with van der Waals surface area (Å²) in [7, 11) is 1.36. The van der Waals surface area contributed by atoms with E-state index in [0.717, 1.165) is 5.56 Å². The molecule has 0 aliphatic rings. The zero-order chi connectivity index (χ0) is 11.6. The first kappa shape index (κ1) is 15.4. The monoisotopic (exact) mass is 270 g/mol. The van der Waals surface area contributed by atoms with Crippen LogP contribution in [-0.2, 0) is 26.6 Å². The Balaban J connectivity index is 0.000000360. The van der Waals surface area contributed by atoms with Gasteiger partial charge in [0.15, 0.2) is 0 Å². The summed E-state index contributed by atoms with van der Waals surface area (Å²) in [6, 6.07) is 17.7. The first-order valence-electron chi connectivity index (χ1n) is 4.97. The Morgan fingerprint density at radius 3 is 2.18 bits per heavy atom. The minimum atomic E-state index is -0.328. The molecular weight excluding hydrogens is 256 g/mol. The van der Waals surface area contributed by atoms with Gasteiger partial charge in [0, 0.05) is 17.1 Å². The quantitative estimate of drug-likeness (QED) is 0.363. The molecule has 3 heteroatoms. The second-order valence-corrected chi connectivity index (χ2v) is 3.04. The second kappa shape index (κ2) is 9.64. The molecule has 17 heavy (non-hydrogen) atoms. The molecule has 0 aliphatic carbocycles. The summed E-state index contributed by atoms with van der Waals surface area (Å²) in [5.74, 6) is -0.328. The van der Waals surface area contributed by atoms with Crippen molar-refractivity contribution >= 4 is 12.0 Å². The smallest absolute Gasteiger partial charge is 0.288 e. The fourth-order valence-electron chi connectivity index (χ4n) is 1.05. The van der Waals surface area contributed by atoms with Crippen LogP contribution in [0.15, 0.2) is 60.7 Å². The summed E-state index contributed by atoms with van der Waals surface area (Å²) in [6.45, 7) is 0. The fourth-order valence-corrected chi connectivity index (χ4v) is 1.05. The van der Waals surface area contributed by atoms with Crippen molar-refractivity contribution in [2.24, 2.45) is 0 Å². The second-order valence-electron chi connectivity index (χ2n) is 3.04. The van der Waals surface area contributed by atoms with Crippen molar-refractivity contribution in [2.75, 3.05) is 7.11 Å².